The van der Waals surface area contributed by atoms with Crippen LogP contribution in [0, 0.1) is 6.92 Å². The lowest BCUT2D eigenvalue weighted by molar-refractivity contribution is 0.555. The second-order valence-corrected chi connectivity index (χ2v) is 3.21. The zero-order valence-electron chi connectivity index (χ0n) is 5.18. The summed E-state index contributed by atoms with van der Waals surface area (Å²) in [5.41, 5.74) is 0. The maximum atomic E-state index is 9.87. The Morgan fingerprint density at radius 1 is 1.67 bits per heavy atom. The monoisotopic (exact) mass is 139 g/mol. The average Bonchev–Trinajstić information content (AvgIpc) is 2.17. The molecule has 0 aliphatic rings. The van der Waals surface area contributed by atoms with Crippen LogP contribution < -0.4 is 0 Å². The van der Waals surface area contributed by atoms with E-state index >= 15 is 0 Å². The first kappa shape index (κ1) is 6.49. The number of thiophene rings is 1. The van der Waals surface area contributed by atoms with E-state index in [0.717, 1.165) is 4.88 Å². The summed E-state index contributed by atoms with van der Waals surface area (Å²) >= 11 is 1.65. The Labute approximate surface area is 58.3 Å². The van der Waals surface area contributed by atoms with Crippen molar-refractivity contribution in [2.45, 2.75) is 13.3 Å². The van der Waals surface area contributed by atoms with Gasteiger partial charge in [-0.3, -0.25) is 4.79 Å². The number of hydrogen-bond acceptors (Lipinski definition) is 2. The van der Waals surface area contributed by atoms with Crippen LogP contribution in [0.4, 0.5) is 0 Å². The number of hydrogen-bond donors (Lipinski definition) is 0. The van der Waals surface area contributed by atoms with Crippen LogP contribution in [0.2, 0.25) is 0 Å². The van der Waals surface area contributed by atoms with Crippen molar-refractivity contribution in [1.29, 1.82) is 0 Å². The number of rotatable bonds is 2. The summed E-state index contributed by atoms with van der Waals surface area (Å²) < 4.78 is 0. The number of aryl methyl sites for hydroxylation is 1. The lowest BCUT2D eigenvalue weighted by atomic mass is 10.4. The smallest absolute Gasteiger partial charge is 0.203 e. The third-order valence-corrected chi connectivity index (χ3v) is 2.04. The van der Waals surface area contributed by atoms with Crippen molar-refractivity contribution >= 4 is 17.6 Å². The van der Waals surface area contributed by atoms with Crippen LogP contribution in [-0.2, 0) is 11.2 Å². The quantitative estimate of drug-likeness (QED) is 0.609. The Bertz CT molecular complexity index is 202. The molecule has 1 radical (unpaired) electrons. The van der Waals surface area contributed by atoms with E-state index in [9.17, 15) is 4.79 Å². The molecule has 0 saturated heterocycles. The molecule has 0 atom stereocenters. The van der Waals surface area contributed by atoms with E-state index in [1.807, 2.05) is 25.3 Å². The first-order valence-electron chi connectivity index (χ1n) is 2.73. The van der Waals surface area contributed by atoms with Gasteiger partial charge < -0.3 is 0 Å². The van der Waals surface area contributed by atoms with Crippen molar-refractivity contribution in [3.63, 3.8) is 0 Å². The molecule has 0 saturated carbocycles. The Balaban J connectivity index is 2.72. The standard InChI is InChI=1S/C7H7OS/c1-6-2-3-7(9-6)4-5-8/h2-3H,4H2,1H3. The van der Waals surface area contributed by atoms with Crippen molar-refractivity contribution in [2.75, 3.05) is 0 Å². The molecule has 0 fully saturated rings. The van der Waals surface area contributed by atoms with Crippen molar-refractivity contribution in [3.8, 4) is 0 Å². The molecule has 1 aromatic heterocycles. The Morgan fingerprint density at radius 2 is 2.44 bits per heavy atom. The van der Waals surface area contributed by atoms with Crippen molar-refractivity contribution < 1.29 is 4.79 Å². The third-order valence-electron chi connectivity index (χ3n) is 1.04. The molecular formula is C7H7OS. The highest BCUT2D eigenvalue weighted by Gasteiger charge is 1.93. The van der Waals surface area contributed by atoms with Crippen LogP contribution in [0.15, 0.2) is 12.1 Å². The maximum Gasteiger partial charge on any atom is 0.203 e. The van der Waals surface area contributed by atoms with Crippen LogP contribution >= 0.6 is 11.3 Å². The summed E-state index contributed by atoms with van der Waals surface area (Å²) in [7, 11) is 0. The predicted molar refractivity (Wildman–Crippen MR) is 38.5 cm³/mol. The molecule has 2 heteroatoms. The highest BCUT2D eigenvalue weighted by molar-refractivity contribution is 7.12. The molecule has 0 unspecified atom stereocenters. The molecule has 0 bridgehead atoms. The van der Waals surface area contributed by atoms with Gasteiger partial charge in [-0.05, 0) is 19.1 Å². The maximum absolute atomic E-state index is 9.87. The van der Waals surface area contributed by atoms with Gasteiger partial charge in [-0.2, -0.15) is 0 Å². The number of carbonyl (C=O) groups excluding carboxylic acids is 1. The highest BCUT2D eigenvalue weighted by Crippen LogP contribution is 2.14. The molecule has 0 aromatic carbocycles. The fourth-order valence-corrected chi connectivity index (χ4v) is 1.47. The molecule has 0 N–H and O–H groups in total. The van der Waals surface area contributed by atoms with Gasteiger partial charge in [0.1, 0.15) is 0 Å². The van der Waals surface area contributed by atoms with Crippen LogP contribution in [0.1, 0.15) is 9.75 Å². The van der Waals surface area contributed by atoms with E-state index in [-0.39, 0.29) is 0 Å². The van der Waals surface area contributed by atoms with Gasteiger partial charge in [-0.25, -0.2) is 0 Å². The first-order chi connectivity index (χ1) is 4.33. The van der Waals surface area contributed by atoms with Crippen LogP contribution in [-0.4, -0.2) is 6.29 Å². The van der Waals surface area contributed by atoms with Gasteiger partial charge in [0.05, 0.1) is 0 Å². The SMILES string of the molecule is Cc1ccc(C[C]=O)s1. The molecule has 0 spiro atoms. The third kappa shape index (κ3) is 1.64. The zero-order valence-corrected chi connectivity index (χ0v) is 5.99. The van der Waals surface area contributed by atoms with Crippen molar-refractivity contribution in [3.05, 3.63) is 21.9 Å². The van der Waals surface area contributed by atoms with Gasteiger partial charge in [0, 0.05) is 16.2 Å². The molecule has 1 rings (SSSR count). The van der Waals surface area contributed by atoms with Crippen LogP contribution in [0.5, 0.6) is 0 Å². The predicted octanol–water partition coefficient (Wildman–Crippen LogP) is 1.71. The minimum atomic E-state index is 0.443. The molecule has 0 amide bonds. The Hall–Kier alpha value is -0.630. The molecule has 9 heavy (non-hydrogen) atoms. The fourth-order valence-electron chi connectivity index (χ4n) is 0.651. The van der Waals surface area contributed by atoms with E-state index < -0.39 is 0 Å². The second-order valence-electron chi connectivity index (χ2n) is 1.83. The lowest BCUT2D eigenvalue weighted by Crippen LogP contribution is -1.76. The summed E-state index contributed by atoms with van der Waals surface area (Å²) in [4.78, 5) is 12.2. The van der Waals surface area contributed by atoms with Gasteiger partial charge >= 0.3 is 0 Å². The fraction of sp³-hybridized carbons (Fsp3) is 0.286. The first-order valence-corrected chi connectivity index (χ1v) is 3.55. The summed E-state index contributed by atoms with van der Waals surface area (Å²) in [6, 6.07) is 3.97. The minimum Gasteiger partial charge on any atom is -0.290 e. The van der Waals surface area contributed by atoms with E-state index in [4.69, 9.17) is 0 Å². The Kier molecular flexibility index (Phi) is 2.01. The summed E-state index contributed by atoms with van der Waals surface area (Å²) in [6.07, 6.45) is 2.30. The van der Waals surface area contributed by atoms with Gasteiger partial charge in [0.15, 0.2) is 0 Å². The van der Waals surface area contributed by atoms with Gasteiger partial charge in [-0.1, -0.05) is 0 Å². The average molecular weight is 139 g/mol. The molecule has 1 nitrogen and oxygen atoms in total. The van der Waals surface area contributed by atoms with Crippen LogP contribution in [0.25, 0.3) is 0 Å². The lowest BCUT2D eigenvalue weighted by Gasteiger charge is -1.79. The molecule has 1 heterocycles. The zero-order chi connectivity index (χ0) is 6.69. The molecule has 47 valence electrons. The largest absolute Gasteiger partial charge is 0.290 e. The van der Waals surface area contributed by atoms with E-state index in [2.05, 4.69) is 0 Å². The van der Waals surface area contributed by atoms with Crippen molar-refractivity contribution in [2.24, 2.45) is 0 Å². The molecular weight excluding hydrogens is 132 g/mol. The van der Waals surface area contributed by atoms with Gasteiger partial charge in [0.2, 0.25) is 6.29 Å². The molecule has 0 aliphatic carbocycles. The van der Waals surface area contributed by atoms with Gasteiger partial charge in [-0.15, -0.1) is 11.3 Å². The Morgan fingerprint density at radius 3 is 2.89 bits per heavy atom. The summed E-state index contributed by atoms with van der Waals surface area (Å²) in [5.74, 6) is 0. The second kappa shape index (κ2) is 2.78. The molecule has 0 aliphatic heterocycles. The van der Waals surface area contributed by atoms with E-state index in [1.54, 1.807) is 11.3 Å². The van der Waals surface area contributed by atoms with Crippen LogP contribution in [0.3, 0.4) is 0 Å². The normalized spacial score (nSPS) is 9.44. The minimum absolute atomic E-state index is 0.443. The summed E-state index contributed by atoms with van der Waals surface area (Å²) in [6.45, 7) is 2.03. The van der Waals surface area contributed by atoms with E-state index in [0.29, 0.717) is 6.42 Å². The topological polar surface area (TPSA) is 17.1 Å². The van der Waals surface area contributed by atoms with E-state index in [1.165, 1.54) is 4.88 Å². The van der Waals surface area contributed by atoms with Gasteiger partial charge in [0.25, 0.3) is 0 Å². The highest BCUT2D eigenvalue weighted by atomic mass is 32.1. The molecule has 1 aromatic rings. The summed E-state index contributed by atoms with van der Waals surface area (Å²) in [5, 5.41) is 0. The van der Waals surface area contributed by atoms with Crippen molar-refractivity contribution in [1.82, 2.24) is 0 Å².